The Morgan fingerprint density at radius 3 is 1.21 bits per heavy atom. The molecule has 10 rings (SSSR count). The lowest BCUT2D eigenvalue weighted by Gasteiger charge is -2.22. The highest BCUT2D eigenvalue weighted by Gasteiger charge is 2.53. The molecule has 0 saturated heterocycles. The van der Waals surface area contributed by atoms with Gasteiger partial charge in [0.1, 0.15) is 0 Å². The molecule has 6 heterocycles. The fourth-order valence-electron chi connectivity index (χ4n) is 4.61. The fourth-order valence-corrected chi connectivity index (χ4v) is 4.61. The van der Waals surface area contributed by atoms with Crippen LogP contribution in [0.2, 0.25) is 0 Å². The van der Waals surface area contributed by atoms with Crippen molar-refractivity contribution < 1.29 is 27.9 Å². The SMILES string of the molecule is c1ccc2c3c4c5c(c2c1)OB1Oc2c(c-3c3ccccc3c2O1)OB(O5)O4. The Hall–Kier alpha value is -3.67. The third-order valence-electron chi connectivity index (χ3n) is 5.70. The summed E-state index contributed by atoms with van der Waals surface area (Å²) in [5.41, 5.74) is 1.84. The average Bonchev–Trinajstić information content (AvgIpc) is 3.27. The molecule has 0 N–H and O–H groups in total. The largest absolute Gasteiger partial charge is 0.864 e. The van der Waals surface area contributed by atoms with Crippen LogP contribution in [0.25, 0.3) is 32.7 Å². The Morgan fingerprint density at radius 2 is 0.750 bits per heavy atom. The van der Waals surface area contributed by atoms with Gasteiger partial charge in [0, 0.05) is 21.9 Å². The molecule has 0 fully saturated rings. The van der Waals surface area contributed by atoms with E-state index in [0.717, 1.165) is 32.7 Å². The highest BCUT2D eigenvalue weighted by molar-refractivity contribution is 6.46. The van der Waals surface area contributed by atoms with Gasteiger partial charge in [0.05, 0.1) is 0 Å². The second-order valence-electron chi connectivity index (χ2n) is 7.10. The fraction of sp³-hybridized carbons (Fsp3) is 0. The summed E-state index contributed by atoms with van der Waals surface area (Å²) < 4.78 is 36.4. The summed E-state index contributed by atoms with van der Waals surface area (Å²) in [6.07, 6.45) is 0. The zero-order valence-corrected chi connectivity index (χ0v) is 14.2. The molecule has 0 aromatic heterocycles. The van der Waals surface area contributed by atoms with Crippen molar-refractivity contribution in [2.75, 3.05) is 0 Å². The van der Waals surface area contributed by atoms with Crippen molar-refractivity contribution in [1.82, 2.24) is 0 Å². The van der Waals surface area contributed by atoms with Crippen LogP contribution >= 0.6 is 0 Å². The van der Waals surface area contributed by atoms with E-state index in [1.807, 2.05) is 36.4 Å². The van der Waals surface area contributed by atoms with Gasteiger partial charge in [-0.1, -0.05) is 48.5 Å². The summed E-state index contributed by atoms with van der Waals surface area (Å²) in [5.74, 6) is 3.34. The normalized spacial score (nSPS) is 16.0. The minimum absolute atomic E-state index is 0.513. The van der Waals surface area contributed by atoms with Gasteiger partial charge in [-0.05, 0) is 10.8 Å². The van der Waals surface area contributed by atoms with E-state index >= 15 is 0 Å². The van der Waals surface area contributed by atoms with Crippen molar-refractivity contribution in [3.05, 3.63) is 48.5 Å². The highest BCUT2D eigenvalue weighted by Crippen LogP contribution is 2.63. The van der Waals surface area contributed by atoms with Crippen LogP contribution in [-0.4, -0.2) is 14.6 Å². The predicted molar refractivity (Wildman–Crippen MR) is 102 cm³/mol. The molecule has 9 bridgehead atoms. The van der Waals surface area contributed by atoms with Crippen LogP contribution in [0.15, 0.2) is 48.5 Å². The molecule has 0 aliphatic carbocycles. The van der Waals surface area contributed by atoms with Crippen molar-refractivity contribution in [3.8, 4) is 45.6 Å². The third-order valence-corrected chi connectivity index (χ3v) is 5.70. The van der Waals surface area contributed by atoms with E-state index in [4.69, 9.17) is 27.9 Å². The lowest BCUT2D eigenvalue weighted by molar-refractivity contribution is 0.318. The third kappa shape index (κ3) is 1.36. The van der Waals surface area contributed by atoms with Crippen LogP contribution in [0.1, 0.15) is 0 Å². The van der Waals surface area contributed by atoms with Crippen LogP contribution in [0, 0.1) is 0 Å². The lowest BCUT2D eigenvalue weighted by Crippen LogP contribution is -2.35. The quantitative estimate of drug-likeness (QED) is 0.440. The Bertz CT molecular complexity index is 1400. The van der Waals surface area contributed by atoms with Crippen LogP contribution in [0.5, 0.6) is 34.5 Å². The molecule has 0 atom stereocenters. The second kappa shape index (κ2) is 4.25. The van der Waals surface area contributed by atoms with Crippen LogP contribution in [0.3, 0.4) is 0 Å². The van der Waals surface area contributed by atoms with Crippen LogP contribution in [0.4, 0.5) is 0 Å². The summed E-state index contributed by atoms with van der Waals surface area (Å²) in [5, 5.41) is 3.84. The zero-order chi connectivity index (χ0) is 18.0. The Balaban J connectivity index is 1.73. The predicted octanol–water partition coefficient (Wildman–Crippen LogP) is 3.96. The number of hydrogen-bond donors (Lipinski definition) is 0. The lowest BCUT2D eigenvalue weighted by atomic mass is 9.90. The Kier molecular flexibility index (Phi) is 2.05. The van der Waals surface area contributed by atoms with Gasteiger partial charge >= 0.3 is 14.6 Å². The Morgan fingerprint density at radius 1 is 0.393 bits per heavy atom. The van der Waals surface area contributed by atoms with Gasteiger partial charge in [-0.25, -0.2) is 0 Å². The molecular formula is C20H8B2O6. The highest BCUT2D eigenvalue weighted by atomic mass is 16.8. The maximum Gasteiger partial charge on any atom is 0.864 e. The van der Waals surface area contributed by atoms with E-state index in [0.29, 0.717) is 34.5 Å². The first kappa shape index (κ1) is 13.5. The number of rotatable bonds is 0. The molecule has 0 spiro atoms. The molecule has 0 amide bonds. The number of benzene rings is 4. The van der Waals surface area contributed by atoms with Gasteiger partial charge in [-0.3, -0.25) is 0 Å². The van der Waals surface area contributed by atoms with Crippen LogP contribution in [-0.2, 0) is 0 Å². The standard InChI is InChI=1S/C20H8B2O6/c1-3-7-11-9(5-1)13-14-10-6-2-4-8-12(10)16-20-18(14)26-22(28-20)25-17(13)19-15(11)23-21(24-16)27-19/h1-8H. The van der Waals surface area contributed by atoms with Gasteiger partial charge in [-0.15, -0.1) is 0 Å². The minimum atomic E-state index is -0.937. The Labute approximate surface area is 158 Å². The van der Waals surface area contributed by atoms with E-state index in [-0.39, 0.29) is 0 Å². The van der Waals surface area contributed by atoms with E-state index in [1.54, 1.807) is 0 Å². The van der Waals surface area contributed by atoms with Gasteiger partial charge in [0.2, 0.25) is 0 Å². The number of hydrogen-bond acceptors (Lipinski definition) is 6. The smallest absolute Gasteiger partial charge is 0.486 e. The van der Waals surface area contributed by atoms with Gasteiger partial charge in [0.15, 0.2) is 34.5 Å². The molecule has 0 radical (unpaired) electrons. The van der Waals surface area contributed by atoms with Crippen molar-refractivity contribution in [3.63, 3.8) is 0 Å². The topological polar surface area (TPSA) is 55.4 Å². The molecule has 130 valence electrons. The average molecular weight is 366 g/mol. The monoisotopic (exact) mass is 366 g/mol. The summed E-state index contributed by atoms with van der Waals surface area (Å²) in [7, 11) is -1.84. The second-order valence-corrected chi connectivity index (χ2v) is 7.10. The first-order chi connectivity index (χ1) is 13.9. The summed E-state index contributed by atoms with van der Waals surface area (Å²) in [6, 6.07) is 16.1. The molecule has 4 aromatic rings. The molecule has 0 saturated carbocycles. The van der Waals surface area contributed by atoms with Crippen molar-refractivity contribution in [1.29, 1.82) is 0 Å². The summed E-state index contributed by atoms with van der Waals surface area (Å²) in [4.78, 5) is 0. The van der Waals surface area contributed by atoms with Crippen molar-refractivity contribution >= 4 is 36.2 Å². The van der Waals surface area contributed by atoms with E-state index < -0.39 is 14.6 Å². The van der Waals surface area contributed by atoms with Gasteiger partial charge in [0.25, 0.3) is 0 Å². The molecule has 6 aliphatic rings. The first-order valence-corrected chi connectivity index (χ1v) is 9.04. The summed E-state index contributed by atoms with van der Waals surface area (Å²) >= 11 is 0. The molecule has 6 aliphatic heterocycles. The van der Waals surface area contributed by atoms with E-state index in [2.05, 4.69) is 12.1 Å². The van der Waals surface area contributed by atoms with E-state index in [1.165, 1.54) is 0 Å². The molecule has 28 heavy (non-hydrogen) atoms. The molecule has 0 unspecified atom stereocenters. The van der Waals surface area contributed by atoms with Gasteiger partial charge in [-0.2, -0.15) is 0 Å². The first-order valence-electron chi connectivity index (χ1n) is 9.04. The van der Waals surface area contributed by atoms with Crippen molar-refractivity contribution in [2.24, 2.45) is 0 Å². The maximum absolute atomic E-state index is 6.16. The minimum Gasteiger partial charge on any atom is -0.486 e. The molecule has 6 nitrogen and oxygen atoms in total. The zero-order valence-electron chi connectivity index (χ0n) is 14.2. The maximum atomic E-state index is 6.16. The van der Waals surface area contributed by atoms with Crippen LogP contribution < -0.4 is 27.9 Å². The van der Waals surface area contributed by atoms with E-state index in [9.17, 15) is 0 Å². The van der Waals surface area contributed by atoms with Gasteiger partial charge < -0.3 is 27.9 Å². The molecular weight excluding hydrogens is 358 g/mol. The van der Waals surface area contributed by atoms with Crippen molar-refractivity contribution in [2.45, 2.75) is 0 Å². The molecule has 8 heteroatoms. The number of fused-ring (bicyclic) bond motifs is 2. The molecule has 4 aromatic carbocycles. The summed E-state index contributed by atoms with van der Waals surface area (Å²) in [6.45, 7) is 0.